The first-order valence-corrected chi connectivity index (χ1v) is 8.59. The van der Waals surface area contributed by atoms with Gasteiger partial charge in [-0.1, -0.05) is 0 Å². The summed E-state index contributed by atoms with van der Waals surface area (Å²) in [6.07, 6.45) is 1.34. The topological polar surface area (TPSA) is 75.0 Å². The quantitative estimate of drug-likeness (QED) is 0.742. The molecule has 4 rings (SSSR count). The van der Waals surface area contributed by atoms with Crippen LogP contribution in [0.5, 0.6) is 5.75 Å². The number of carboxylic acid groups (broad SMARTS) is 1. The summed E-state index contributed by atoms with van der Waals surface area (Å²) < 4.78 is 22.6. The Balaban J connectivity index is 0.00000210. The van der Waals surface area contributed by atoms with Crippen LogP contribution in [-0.2, 0) is 0 Å². The Labute approximate surface area is 185 Å². The van der Waals surface area contributed by atoms with Gasteiger partial charge < -0.3 is 24.2 Å². The summed E-state index contributed by atoms with van der Waals surface area (Å²) in [7, 11) is 2.02. The van der Waals surface area contributed by atoms with Gasteiger partial charge in [-0.15, -0.1) is 0 Å². The summed E-state index contributed by atoms with van der Waals surface area (Å²) in [5.41, 5.74) is -0.224. The number of ether oxygens (including phenoxy) is 1. The predicted octanol–water partition coefficient (Wildman–Crippen LogP) is 0.628. The second kappa shape index (κ2) is 7.58. The number of rotatable bonds is 2. The van der Waals surface area contributed by atoms with Crippen LogP contribution in [-0.4, -0.2) is 98.1 Å². The van der Waals surface area contributed by atoms with E-state index in [1.54, 1.807) is 4.57 Å². The molecule has 2 aliphatic heterocycles. The maximum absolute atomic E-state index is 15.0. The normalized spacial score (nSPS) is 19.5. The minimum atomic E-state index is -1.32. The molecule has 1 aromatic heterocycles. The van der Waals surface area contributed by atoms with Crippen LogP contribution in [0.1, 0.15) is 23.3 Å². The van der Waals surface area contributed by atoms with Crippen molar-refractivity contribution < 1.29 is 19.0 Å². The number of hydrogen-bond donors (Lipinski definition) is 1. The molecule has 0 bridgehead atoms. The number of likely N-dealkylation sites (N-methyl/N-ethyl adjacent to an activating group) is 1. The van der Waals surface area contributed by atoms with Crippen molar-refractivity contribution in [3.8, 4) is 5.75 Å². The molecule has 9 heteroatoms. The van der Waals surface area contributed by atoms with Crippen molar-refractivity contribution in [2.45, 2.75) is 13.0 Å². The fourth-order valence-corrected chi connectivity index (χ4v) is 3.69. The molecule has 3 heterocycles. The van der Waals surface area contributed by atoms with Crippen LogP contribution in [0.25, 0.3) is 10.9 Å². The van der Waals surface area contributed by atoms with E-state index in [-0.39, 0.29) is 61.3 Å². The number of halogens is 1. The third-order valence-electron chi connectivity index (χ3n) is 5.19. The number of hydrogen-bond acceptors (Lipinski definition) is 5. The number of pyridine rings is 1. The molecule has 2 aromatic rings. The van der Waals surface area contributed by atoms with Crippen LogP contribution in [0.4, 0.5) is 10.1 Å². The third-order valence-corrected chi connectivity index (χ3v) is 5.19. The first kappa shape index (κ1) is 20.4. The molecule has 2 aliphatic rings. The molecule has 1 N–H and O–H groups in total. The molecule has 0 spiro atoms. The average Bonchev–Trinajstić information content (AvgIpc) is 2.60. The molecule has 1 aromatic carbocycles. The van der Waals surface area contributed by atoms with Crippen LogP contribution in [0.2, 0.25) is 0 Å². The zero-order chi connectivity index (χ0) is 18.6. The van der Waals surface area contributed by atoms with Crippen molar-refractivity contribution in [2.75, 3.05) is 44.7 Å². The number of nitrogens with zero attached hydrogens (tertiary/aromatic N) is 3. The van der Waals surface area contributed by atoms with E-state index in [0.29, 0.717) is 30.0 Å². The standard InChI is InChI=1S/C18H20FN3O4.Ca.2H/c1-10-9-26-17-14-11(16(23)12(18(24)25)8-22(10)14)7-13(19)15(17)21-5-3-20(2)4-6-21;;;/h7-8,10H,3-6,9H2,1-2H3,(H,24,25);;;/t10-;;;/m0.../s1. The fourth-order valence-electron chi connectivity index (χ4n) is 3.69. The van der Waals surface area contributed by atoms with E-state index in [9.17, 15) is 19.1 Å². The molecular weight excluding hydrogens is 381 g/mol. The van der Waals surface area contributed by atoms with Crippen molar-refractivity contribution in [1.29, 1.82) is 0 Å². The number of aromatic carboxylic acids is 1. The van der Waals surface area contributed by atoms with Crippen LogP contribution >= 0.6 is 0 Å². The number of benzene rings is 1. The van der Waals surface area contributed by atoms with Gasteiger partial charge in [-0.2, -0.15) is 0 Å². The molecule has 0 aliphatic carbocycles. The van der Waals surface area contributed by atoms with Gasteiger partial charge in [-0.05, 0) is 20.0 Å². The number of anilines is 1. The van der Waals surface area contributed by atoms with E-state index in [1.807, 2.05) is 18.9 Å². The third kappa shape index (κ3) is 3.33. The molecular formula is C18H22CaFN3O4. The van der Waals surface area contributed by atoms with Crippen LogP contribution in [0.3, 0.4) is 0 Å². The van der Waals surface area contributed by atoms with E-state index in [2.05, 4.69) is 4.90 Å². The Kier molecular flexibility index (Phi) is 5.72. The van der Waals surface area contributed by atoms with Crippen molar-refractivity contribution >= 4 is 60.3 Å². The molecule has 0 saturated carbocycles. The van der Waals surface area contributed by atoms with E-state index in [0.717, 1.165) is 19.2 Å². The summed E-state index contributed by atoms with van der Waals surface area (Å²) in [5.74, 6) is -1.54. The Hall–Kier alpha value is -1.35. The molecule has 1 atom stereocenters. The molecule has 0 unspecified atom stereocenters. The first-order valence-electron chi connectivity index (χ1n) is 8.59. The van der Waals surface area contributed by atoms with Gasteiger partial charge >= 0.3 is 43.7 Å². The van der Waals surface area contributed by atoms with Crippen LogP contribution < -0.4 is 15.1 Å². The number of aromatic nitrogens is 1. The number of piperazine rings is 1. The van der Waals surface area contributed by atoms with Crippen molar-refractivity contribution in [2.24, 2.45) is 0 Å². The van der Waals surface area contributed by atoms with Gasteiger partial charge in [0.2, 0.25) is 5.43 Å². The van der Waals surface area contributed by atoms with E-state index < -0.39 is 17.2 Å². The van der Waals surface area contributed by atoms with Crippen molar-refractivity contribution in [3.63, 3.8) is 0 Å². The minimum absolute atomic E-state index is 0. The van der Waals surface area contributed by atoms with Gasteiger partial charge in [0, 0.05) is 32.4 Å². The average molecular weight is 403 g/mol. The second-order valence-corrected chi connectivity index (χ2v) is 6.97. The van der Waals surface area contributed by atoms with Gasteiger partial charge in [-0.3, -0.25) is 4.79 Å². The summed E-state index contributed by atoms with van der Waals surface area (Å²) >= 11 is 0. The zero-order valence-corrected chi connectivity index (χ0v) is 14.7. The van der Waals surface area contributed by atoms with E-state index in [1.165, 1.54) is 6.20 Å². The van der Waals surface area contributed by atoms with Gasteiger partial charge in [0.05, 0.1) is 16.9 Å². The summed E-state index contributed by atoms with van der Waals surface area (Å²) in [4.78, 5) is 28.1. The summed E-state index contributed by atoms with van der Waals surface area (Å²) in [6.45, 7) is 5.08. The van der Waals surface area contributed by atoms with Crippen LogP contribution in [0, 0.1) is 5.82 Å². The second-order valence-electron chi connectivity index (χ2n) is 6.97. The summed E-state index contributed by atoms with van der Waals surface area (Å²) in [5, 5.41) is 9.36. The molecule has 142 valence electrons. The molecule has 0 radical (unpaired) electrons. The molecule has 1 fully saturated rings. The Bertz CT molecular complexity index is 969. The predicted molar refractivity (Wildman–Crippen MR) is 104 cm³/mol. The summed E-state index contributed by atoms with van der Waals surface area (Å²) in [6, 6.07) is 0.994. The Morgan fingerprint density at radius 2 is 1.96 bits per heavy atom. The van der Waals surface area contributed by atoms with Crippen molar-refractivity contribution in [3.05, 3.63) is 33.9 Å². The maximum atomic E-state index is 15.0. The van der Waals surface area contributed by atoms with Crippen LogP contribution in [0.15, 0.2) is 17.1 Å². The zero-order valence-electron chi connectivity index (χ0n) is 14.7. The van der Waals surface area contributed by atoms with Gasteiger partial charge in [0.15, 0.2) is 11.6 Å². The Morgan fingerprint density at radius 1 is 1.30 bits per heavy atom. The monoisotopic (exact) mass is 403 g/mol. The molecule has 0 amide bonds. The van der Waals surface area contributed by atoms with E-state index >= 15 is 0 Å². The van der Waals surface area contributed by atoms with Crippen molar-refractivity contribution in [1.82, 2.24) is 9.47 Å². The number of carbonyl (C=O) groups is 1. The Morgan fingerprint density at radius 3 is 2.59 bits per heavy atom. The van der Waals surface area contributed by atoms with Gasteiger partial charge in [0.25, 0.3) is 0 Å². The number of carboxylic acids is 1. The fraction of sp³-hybridized carbons (Fsp3) is 0.444. The van der Waals surface area contributed by atoms with E-state index in [4.69, 9.17) is 4.74 Å². The molecule has 7 nitrogen and oxygen atoms in total. The van der Waals surface area contributed by atoms with Gasteiger partial charge in [0.1, 0.15) is 17.9 Å². The van der Waals surface area contributed by atoms with Gasteiger partial charge in [-0.25, -0.2) is 9.18 Å². The molecule has 1 saturated heterocycles. The SMILES string of the molecule is C[C@H]1COc2c(N3CCN(C)CC3)c(F)cc3c(=O)c(C(=O)O)cn1c23.[CaH2]. The molecule has 27 heavy (non-hydrogen) atoms. The first-order chi connectivity index (χ1) is 12.4.